The first-order valence-corrected chi connectivity index (χ1v) is 8.01. The van der Waals surface area contributed by atoms with E-state index in [2.05, 4.69) is 31.3 Å². The van der Waals surface area contributed by atoms with Crippen LogP contribution in [0.3, 0.4) is 0 Å². The third kappa shape index (κ3) is 4.18. The van der Waals surface area contributed by atoms with Gasteiger partial charge in [0, 0.05) is 19.3 Å². The van der Waals surface area contributed by atoms with Crippen molar-refractivity contribution in [3.8, 4) is 11.4 Å². The van der Waals surface area contributed by atoms with E-state index in [-0.39, 0.29) is 5.69 Å². The summed E-state index contributed by atoms with van der Waals surface area (Å²) in [6.07, 6.45) is 2.22. The van der Waals surface area contributed by atoms with Crippen LogP contribution in [-0.2, 0) is 16.1 Å². The summed E-state index contributed by atoms with van der Waals surface area (Å²) in [5.41, 5.74) is 1.48. The first-order valence-electron chi connectivity index (χ1n) is 7.22. The van der Waals surface area contributed by atoms with Crippen molar-refractivity contribution in [1.29, 1.82) is 0 Å². The molecule has 2 rings (SSSR count). The minimum atomic E-state index is -0.550. The number of methoxy groups -OCH3 is 1. The summed E-state index contributed by atoms with van der Waals surface area (Å²) in [6, 6.07) is 5.45. The zero-order chi connectivity index (χ0) is 17.5. The van der Waals surface area contributed by atoms with Gasteiger partial charge in [0.05, 0.1) is 17.3 Å². The van der Waals surface area contributed by atoms with Gasteiger partial charge in [-0.3, -0.25) is 14.5 Å². The molecular weight excluding hydrogens is 380 g/mol. The van der Waals surface area contributed by atoms with Crippen LogP contribution in [0.25, 0.3) is 11.4 Å². The molecule has 24 heavy (non-hydrogen) atoms. The van der Waals surface area contributed by atoms with Gasteiger partial charge in [0.15, 0.2) is 5.69 Å². The van der Waals surface area contributed by atoms with E-state index < -0.39 is 18.5 Å². The highest BCUT2D eigenvalue weighted by Crippen LogP contribution is 2.30. The van der Waals surface area contributed by atoms with Crippen LogP contribution in [-0.4, -0.2) is 52.0 Å². The normalized spacial score (nSPS) is 10.5. The Kier molecular flexibility index (Phi) is 6.44. The largest absolute Gasteiger partial charge is 0.464 e. The molecule has 9 heteroatoms. The van der Waals surface area contributed by atoms with Gasteiger partial charge < -0.3 is 15.2 Å². The van der Waals surface area contributed by atoms with Crippen LogP contribution in [0.2, 0.25) is 0 Å². The molecule has 8 nitrogen and oxygen atoms in total. The minimum absolute atomic E-state index is 0.164. The number of hydrogen-bond acceptors (Lipinski definition) is 6. The summed E-state index contributed by atoms with van der Waals surface area (Å²) in [5, 5.41) is 15.5. The number of ether oxygens (including phenoxy) is 1. The van der Waals surface area contributed by atoms with Crippen LogP contribution in [0, 0.1) is 0 Å². The number of amides is 1. The monoisotopic (exact) mass is 396 g/mol. The van der Waals surface area contributed by atoms with E-state index in [1.807, 2.05) is 12.1 Å². The van der Waals surface area contributed by atoms with Crippen LogP contribution in [0.5, 0.6) is 0 Å². The summed E-state index contributed by atoms with van der Waals surface area (Å²) in [5.74, 6) is -0.983. The van der Waals surface area contributed by atoms with Crippen molar-refractivity contribution < 1.29 is 19.4 Å². The molecule has 2 N–H and O–H groups in total. The number of aryl methyl sites for hydroxylation is 1. The number of esters is 1. The fourth-order valence-electron chi connectivity index (χ4n) is 2.09. The molecule has 0 radical (unpaired) electrons. The summed E-state index contributed by atoms with van der Waals surface area (Å²) in [7, 11) is 1.29. The molecule has 1 amide bonds. The maximum Gasteiger partial charge on any atom is 0.359 e. The topological polar surface area (TPSA) is 106 Å². The third-order valence-electron chi connectivity index (χ3n) is 3.19. The van der Waals surface area contributed by atoms with Gasteiger partial charge in [-0.1, -0.05) is 6.07 Å². The van der Waals surface area contributed by atoms with Crippen LogP contribution in [0.15, 0.2) is 28.9 Å². The Morgan fingerprint density at radius 2 is 2.21 bits per heavy atom. The van der Waals surface area contributed by atoms with Gasteiger partial charge in [-0.2, -0.15) is 5.10 Å². The van der Waals surface area contributed by atoms with Crippen molar-refractivity contribution >= 4 is 27.8 Å². The molecule has 0 spiro atoms. The van der Waals surface area contributed by atoms with Crippen molar-refractivity contribution in [2.45, 2.75) is 13.0 Å². The van der Waals surface area contributed by atoms with Gasteiger partial charge in [-0.05, 0) is 34.5 Å². The van der Waals surface area contributed by atoms with Gasteiger partial charge >= 0.3 is 5.97 Å². The zero-order valence-electron chi connectivity index (χ0n) is 13.0. The first-order chi connectivity index (χ1) is 11.6. The summed E-state index contributed by atoms with van der Waals surface area (Å²) in [6.45, 7) is 0.290. The van der Waals surface area contributed by atoms with Gasteiger partial charge in [0.1, 0.15) is 12.3 Å². The van der Waals surface area contributed by atoms with Gasteiger partial charge in [0.25, 0.3) is 0 Å². The van der Waals surface area contributed by atoms with Crippen molar-refractivity contribution in [2.75, 3.05) is 20.3 Å². The molecule has 0 saturated heterocycles. The molecule has 2 heterocycles. The molecule has 2 aromatic rings. The van der Waals surface area contributed by atoms with Gasteiger partial charge in [-0.15, -0.1) is 0 Å². The van der Waals surface area contributed by atoms with Crippen molar-refractivity contribution in [3.63, 3.8) is 0 Å². The molecule has 0 aromatic carbocycles. The number of nitrogens with one attached hydrogen (secondary N) is 1. The lowest BCUT2D eigenvalue weighted by Gasteiger charge is -2.08. The van der Waals surface area contributed by atoms with Crippen LogP contribution in [0.1, 0.15) is 16.9 Å². The molecule has 0 atom stereocenters. The number of aromatic nitrogens is 3. The molecule has 0 unspecified atom stereocenters. The predicted octanol–water partition coefficient (Wildman–Crippen LogP) is 0.993. The third-order valence-corrected chi connectivity index (χ3v) is 3.94. The molecule has 0 fully saturated rings. The number of carbonyl (C=O) groups is 2. The van der Waals surface area contributed by atoms with Crippen molar-refractivity contribution in [3.05, 3.63) is 34.6 Å². The van der Waals surface area contributed by atoms with Crippen molar-refractivity contribution in [1.82, 2.24) is 20.1 Å². The van der Waals surface area contributed by atoms with Crippen molar-refractivity contribution in [2.24, 2.45) is 0 Å². The molecular formula is C15H17BrN4O4. The highest BCUT2D eigenvalue weighted by atomic mass is 79.9. The maximum atomic E-state index is 11.9. The van der Waals surface area contributed by atoms with E-state index in [0.29, 0.717) is 35.4 Å². The smallest absolute Gasteiger partial charge is 0.359 e. The van der Waals surface area contributed by atoms with E-state index in [1.54, 1.807) is 16.9 Å². The lowest BCUT2D eigenvalue weighted by molar-refractivity contribution is -0.123. The van der Waals surface area contributed by atoms with E-state index >= 15 is 0 Å². The number of hydrogen-bond donors (Lipinski definition) is 2. The number of carbonyl (C=O) groups excluding carboxylic acids is 2. The van der Waals surface area contributed by atoms with Gasteiger partial charge in [-0.25, -0.2) is 4.79 Å². The average molecular weight is 397 g/mol. The first kappa shape index (κ1) is 18.1. The van der Waals surface area contributed by atoms with Gasteiger partial charge in [0.2, 0.25) is 5.91 Å². The molecule has 0 aliphatic carbocycles. The standard InChI is InChI=1S/C15H17BrN4O4/c1-24-15(23)13-12(16)14(10-5-2-3-6-17-10)20(19-13)8-4-7-18-11(22)9-21/h2-3,5-6,21H,4,7-9H2,1H3,(H,18,22). The van der Waals surface area contributed by atoms with Crippen LogP contribution < -0.4 is 5.32 Å². The Hall–Kier alpha value is -2.26. The SMILES string of the molecule is COC(=O)c1nn(CCCNC(=O)CO)c(-c2ccccn2)c1Br. The predicted molar refractivity (Wildman–Crippen MR) is 89.2 cm³/mol. The van der Waals surface area contributed by atoms with E-state index in [1.165, 1.54) is 7.11 Å². The number of halogens is 1. The Labute approximate surface area is 147 Å². The number of aliphatic hydroxyl groups is 1. The quantitative estimate of drug-likeness (QED) is 0.533. The summed E-state index contributed by atoms with van der Waals surface area (Å²) < 4.78 is 6.89. The number of nitrogens with zero attached hydrogens (tertiary/aromatic N) is 3. The van der Waals surface area contributed by atoms with E-state index in [0.717, 1.165) is 0 Å². The Morgan fingerprint density at radius 1 is 1.42 bits per heavy atom. The molecule has 0 saturated carbocycles. The highest BCUT2D eigenvalue weighted by molar-refractivity contribution is 9.10. The molecule has 2 aromatic heterocycles. The average Bonchev–Trinajstić information content (AvgIpc) is 2.94. The second-order valence-corrected chi connectivity index (χ2v) is 5.60. The lowest BCUT2D eigenvalue weighted by atomic mass is 10.2. The molecule has 128 valence electrons. The summed E-state index contributed by atoms with van der Waals surface area (Å²) >= 11 is 3.40. The second-order valence-electron chi connectivity index (χ2n) is 4.80. The fraction of sp³-hybridized carbons (Fsp3) is 0.333. The molecule has 0 aliphatic heterocycles. The Balaban J connectivity index is 2.25. The lowest BCUT2D eigenvalue weighted by Crippen LogP contribution is -2.27. The van der Waals surface area contributed by atoms with Crippen LogP contribution >= 0.6 is 15.9 Å². The number of rotatable bonds is 7. The Morgan fingerprint density at radius 3 is 2.83 bits per heavy atom. The number of pyridine rings is 1. The highest BCUT2D eigenvalue weighted by Gasteiger charge is 2.23. The minimum Gasteiger partial charge on any atom is -0.464 e. The fourth-order valence-corrected chi connectivity index (χ4v) is 2.74. The number of aliphatic hydroxyl groups excluding tert-OH is 1. The van der Waals surface area contributed by atoms with E-state index in [4.69, 9.17) is 9.84 Å². The second kappa shape index (κ2) is 8.55. The van der Waals surface area contributed by atoms with Crippen LogP contribution in [0.4, 0.5) is 0 Å². The maximum absolute atomic E-state index is 11.9. The summed E-state index contributed by atoms with van der Waals surface area (Å²) in [4.78, 5) is 27.2. The van der Waals surface area contributed by atoms with E-state index in [9.17, 15) is 9.59 Å². The molecule has 0 aliphatic rings. The zero-order valence-corrected chi connectivity index (χ0v) is 14.6. The Bertz CT molecular complexity index is 718. The molecule has 0 bridgehead atoms.